The second kappa shape index (κ2) is 8.15. The molecule has 0 aromatic heterocycles. The van der Waals surface area contributed by atoms with E-state index in [-0.39, 0.29) is 5.97 Å². The van der Waals surface area contributed by atoms with Gasteiger partial charge in [-0.25, -0.2) is 9.37 Å². The van der Waals surface area contributed by atoms with Crippen molar-refractivity contribution in [2.75, 3.05) is 20.2 Å². The quantitative estimate of drug-likeness (QED) is 0.272. The van der Waals surface area contributed by atoms with Crippen molar-refractivity contribution in [2.24, 2.45) is 0 Å². The molecule has 2 aliphatic rings. The minimum atomic E-state index is -0.348. The fraction of sp³-hybridized carbons (Fsp3) is 0.231. The maximum atomic E-state index is 12.5. The standard InChI is InChI=1S/C26H26NO3/c1-5-27(6-2)18-12-14-22-24(16-18)30-23-15-17(3)11-13-21(23)25(22)19-9-7-8-10-20(19)26(28)29-4/h7-16H,5-6H2,1-4H3/q+1. The summed E-state index contributed by atoms with van der Waals surface area (Å²) in [5, 5.41) is 2.09. The van der Waals surface area contributed by atoms with E-state index in [1.54, 1.807) is 6.07 Å². The molecule has 0 saturated heterocycles. The first-order valence-electron chi connectivity index (χ1n) is 10.3. The zero-order valence-corrected chi connectivity index (χ0v) is 17.9. The van der Waals surface area contributed by atoms with Gasteiger partial charge in [0.15, 0.2) is 0 Å². The number of rotatable bonds is 4. The van der Waals surface area contributed by atoms with Crippen LogP contribution in [-0.2, 0) is 4.74 Å². The van der Waals surface area contributed by atoms with Crippen LogP contribution in [0.15, 0.2) is 65.1 Å². The smallest absolute Gasteiger partial charge is 0.338 e. The molecule has 1 aliphatic heterocycles. The molecule has 0 bridgehead atoms. The van der Waals surface area contributed by atoms with Gasteiger partial charge in [0, 0.05) is 22.6 Å². The topological polar surface area (TPSA) is 42.5 Å². The summed E-state index contributed by atoms with van der Waals surface area (Å²) in [7, 11) is 1.41. The molecule has 152 valence electrons. The molecular weight excluding hydrogens is 374 g/mol. The maximum absolute atomic E-state index is 12.5. The second-order valence-electron chi connectivity index (χ2n) is 7.37. The molecule has 0 spiro atoms. The van der Waals surface area contributed by atoms with Crippen molar-refractivity contribution in [1.29, 1.82) is 0 Å². The molecule has 0 unspecified atom stereocenters. The number of carbonyl (C=O) groups is 1. The van der Waals surface area contributed by atoms with Crippen molar-refractivity contribution in [3.63, 3.8) is 0 Å². The van der Waals surface area contributed by atoms with Gasteiger partial charge >= 0.3 is 5.97 Å². The summed E-state index contributed by atoms with van der Waals surface area (Å²) in [4.78, 5) is 12.5. The summed E-state index contributed by atoms with van der Waals surface area (Å²) >= 11 is 0. The van der Waals surface area contributed by atoms with Crippen LogP contribution >= 0.6 is 0 Å². The van der Waals surface area contributed by atoms with E-state index in [0.29, 0.717) is 5.56 Å². The van der Waals surface area contributed by atoms with Crippen molar-refractivity contribution in [3.8, 4) is 22.5 Å². The molecule has 0 fully saturated rings. The highest BCUT2D eigenvalue weighted by atomic mass is 16.5. The molecular formula is C26H26NO3+. The summed E-state index contributed by atoms with van der Waals surface area (Å²) in [6.07, 6.45) is 0. The lowest BCUT2D eigenvalue weighted by Crippen LogP contribution is -2.29. The maximum Gasteiger partial charge on any atom is 0.338 e. The van der Waals surface area contributed by atoms with E-state index in [1.165, 1.54) is 7.11 Å². The molecule has 4 heteroatoms. The fourth-order valence-electron chi connectivity index (χ4n) is 4.05. The Balaban J connectivity index is 2.15. The largest absolute Gasteiger partial charge is 0.465 e. The number of aryl methyl sites for hydroxylation is 1. The minimum Gasteiger partial charge on any atom is -0.465 e. The lowest BCUT2D eigenvalue weighted by Gasteiger charge is -2.17. The van der Waals surface area contributed by atoms with Gasteiger partial charge in [-0.1, -0.05) is 30.3 Å². The predicted molar refractivity (Wildman–Crippen MR) is 121 cm³/mol. The Morgan fingerprint density at radius 2 is 1.73 bits per heavy atom. The van der Waals surface area contributed by atoms with Crippen LogP contribution in [0.1, 0.15) is 29.8 Å². The average molecular weight is 400 g/mol. The first-order chi connectivity index (χ1) is 14.6. The highest BCUT2D eigenvalue weighted by molar-refractivity contribution is 6.07. The van der Waals surface area contributed by atoms with E-state index in [2.05, 4.69) is 48.8 Å². The number of fused-ring (bicyclic) bond motifs is 2. The number of hydrogen-bond donors (Lipinski definition) is 0. The number of benzene rings is 3. The van der Waals surface area contributed by atoms with Crippen LogP contribution in [-0.4, -0.2) is 26.2 Å². The van der Waals surface area contributed by atoms with Crippen LogP contribution < -0.4 is 9.93 Å². The second-order valence-corrected chi connectivity index (χ2v) is 7.37. The van der Waals surface area contributed by atoms with E-state index in [1.807, 2.05) is 31.2 Å². The highest BCUT2D eigenvalue weighted by Crippen LogP contribution is 2.41. The summed E-state index contributed by atoms with van der Waals surface area (Å²) in [6.45, 7) is 8.19. The summed E-state index contributed by atoms with van der Waals surface area (Å²) in [5.74, 6) is 0.451. The lowest BCUT2D eigenvalue weighted by atomic mass is 9.90. The number of ether oxygens (including phenoxy) is 1. The Bertz CT molecular complexity index is 1280. The average Bonchev–Trinajstić information content (AvgIpc) is 2.77. The zero-order valence-electron chi connectivity index (χ0n) is 17.9. The molecule has 0 amide bonds. The van der Waals surface area contributed by atoms with E-state index < -0.39 is 0 Å². The van der Waals surface area contributed by atoms with E-state index in [4.69, 9.17) is 9.15 Å². The minimum absolute atomic E-state index is 0.348. The molecule has 2 aromatic carbocycles. The SMILES string of the molecule is CC[N+](CC)=c1ccc2c(-c3ccccc3C(=O)OC)c3ccc(C)cc3oc-2c1. The number of esters is 1. The molecule has 30 heavy (non-hydrogen) atoms. The third-order valence-electron chi connectivity index (χ3n) is 5.59. The van der Waals surface area contributed by atoms with Crippen LogP contribution in [0.2, 0.25) is 0 Å². The Hall–Kier alpha value is -3.40. The van der Waals surface area contributed by atoms with Crippen molar-refractivity contribution in [3.05, 3.63) is 77.1 Å². The number of nitrogens with zero attached hydrogens (tertiary/aromatic N) is 1. The van der Waals surface area contributed by atoms with E-state index >= 15 is 0 Å². The Morgan fingerprint density at radius 1 is 0.967 bits per heavy atom. The monoisotopic (exact) mass is 400 g/mol. The van der Waals surface area contributed by atoms with Crippen LogP contribution in [0.3, 0.4) is 0 Å². The fourth-order valence-corrected chi connectivity index (χ4v) is 4.05. The molecule has 4 nitrogen and oxygen atoms in total. The van der Waals surface area contributed by atoms with Gasteiger partial charge in [0.1, 0.15) is 24.4 Å². The van der Waals surface area contributed by atoms with Gasteiger partial charge in [-0.15, -0.1) is 0 Å². The molecule has 1 heterocycles. The third kappa shape index (κ3) is 3.39. The Kier molecular flexibility index (Phi) is 5.40. The van der Waals surface area contributed by atoms with Crippen molar-refractivity contribution >= 4 is 16.9 Å². The van der Waals surface area contributed by atoms with Crippen molar-refractivity contribution in [2.45, 2.75) is 20.8 Å². The first kappa shape index (κ1) is 19.9. The summed E-state index contributed by atoms with van der Waals surface area (Å²) in [5.41, 5.74) is 5.26. The van der Waals surface area contributed by atoms with Gasteiger partial charge in [-0.3, -0.25) is 0 Å². The van der Waals surface area contributed by atoms with Crippen molar-refractivity contribution < 1.29 is 13.9 Å². The van der Waals surface area contributed by atoms with E-state index in [9.17, 15) is 4.79 Å². The van der Waals surface area contributed by atoms with Gasteiger partial charge in [0.2, 0.25) is 5.36 Å². The highest BCUT2D eigenvalue weighted by Gasteiger charge is 2.22. The van der Waals surface area contributed by atoms with Gasteiger partial charge in [0.25, 0.3) is 0 Å². The van der Waals surface area contributed by atoms with Crippen LogP contribution in [0, 0.1) is 6.92 Å². The molecule has 1 aliphatic carbocycles. The Labute approximate surface area is 176 Å². The van der Waals surface area contributed by atoms with Crippen LogP contribution in [0.5, 0.6) is 0 Å². The number of carbonyl (C=O) groups excluding carboxylic acids is 1. The van der Waals surface area contributed by atoms with Crippen molar-refractivity contribution in [1.82, 2.24) is 4.58 Å². The predicted octanol–water partition coefficient (Wildman–Crippen LogP) is 5.11. The van der Waals surface area contributed by atoms with Crippen LogP contribution in [0.4, 0.5) is 0 Å². The van der Waals surface area contributed by atoms with Gasteiger partial charge in [0.05, 0.1) is 18.7 Å². The van der Waals surface area contributed by atoms with Crippen LogP contribution in [0.25, 0.3) is 33.4 Å². The zero-order chi connectivity index (χ0) is 21.3. The molecule has 0 radical (unpaired) electrons. The molecule has 0 saturated carbocycles. The molecule has 0 N–H and O–H groups in total. The number of methoxy groups -OCH3 is 1. The molecule has 2 aromatic rings. The summed E-state index contributed by atoms with van der Waals surface area (Å²) < 4.78 is 13.7. The normalized spacial score (nSPS) is 11.1. The third-order valence-corrected chi connectivity index (χ3v) is 5.59. The van der Waals surface area contributed by atoms with Gasteiger partial charge < -0.3 is 9.15 Å². The molecule has 4 rings (SSSR count). The lowest BCUT2D eigenvalue weighted by molar-refractivity contribution is 0.0601. The first-order valence-corrected chi connectivity index (χ1v) is 10.3. The van der Waals surface area contributed by atoms with Gasteiger partial charge in [-0.2, -0.15) is 0 Å². The number of hydrogen-bond acceptors (Lipinski definition) is 3. The van der Waals surface area contributed by atoms with Gasteiger partial charge in [-0.05, 0) is 50.1 Å². The Morgan fingerprint density at radius 3 is 2.47 bits per heavy atom. The summed E-state index contributed by atoms with van der Waals surface area (Å²) in [6, 6.07) is 20.1. The van der Waals surface area contributed by atoms with E-state index in [0.717, 1.165) is 57.4 Å². The molecule has 0 atom stereocenters.